The van der Waals surface area contributed by atoms with Gasteiger partial charge in [-0.1, -0.05) is 23.3 Å². The highest BCUT2D eigenvalue weighted by molar-refractivity contribution is 5.74. The molecule has 7 heteroatoms. The quantitative estimate of drug-likeness (QED) is 0.312. The summed E-state index contributed by atoms with van der Waals surface area (Å²) >= 11 is 0. The van der Waals surface area contributed by atoms with Crippen LogP contribution < -0.4 is 18.9 Å². The average molecular weight is 341 g/mol. The van der Waals surface area contributed by atoms with Gasteiger partial charge in [-0.25, -0.2) is 0 Å². The normalized spacial score (nSPS) is 10.2. The molecule has 2 aromatic rings. The molecule has 0 aliphatic carbocycles. The van der Waals surface area contributed by atoms with Gasteiger partial charge in [0.15, 0.2) is 11.5 Å². The minimum absolute atomic E-state index is 0.440. The second-order valence-electron chi connectivity index (χ2n) is 4.91. The van der Waals surface area contributed by atoms with Crippen molar-refractivity contribution in [3.05, 3.63) is 51.9 Å². The number of rotatable bonds is 7. The molecule has 0 spiro atoms. The minimum atomic E-state index is 0.440. The summed E-state index contributed by atoms with van der Waals surface area (Å²) in [6.07, 6.45) is 3.82. The summed E-state index contributed by atoms with van der Waals surface area (Å²) < 4.78 is 21.2. The third-order valence-corrected chi connectivity index (χ3v) is 3.51. The predicted molar refractivity (Wildman–Crippen MR) is 96.8 cm³/mol. The van der Waals surface area contributed by atoms with Crippen LogP contribution in [-0.2, 0) is 0 Å². The standard InChI is InChI=1S/C18H19N3O4/c1-22-15-9-12(7-8-14(15)20-21-19)5-6-13-10-16(23-2)18(25-4)17(11-13)24-3/h5-11H,1-4H3/b6-5-. The van der Waals surface area contributed by atoms with Gasteiger partial charge >= 0.3 is 0 Å². The topological polar surface area (TPSA) is 85.7 Å². The number of nitrogens with zero attached hydrogens (tertiary/aromatic N) is 3. The highest BCUT2D eigenvalue weighted by atomic mass is 16.5. The molecule has 0 atom stereocenters. The third-order valence-electron chi connectivity index (χ3n) is 3.51. The Kier molecular flexibility index (Phi) is 6.14. The van der Waals surface area contributed by atoms with E-state index in [-0.39, 0.29) is 0 Å². The molecule has 0 aliphatic rings. The molecule has 0 unspecified atom stereocenters. The van der Waals surface area contributed by atoms with Gasteiger partial charge in [0.2, 0.25) is 5.75 Å². The van der Waals surface area contributed by atoms with Gasteiger partial charge in [-0.3, -0.25) is 0 Å². The van der Waals surface area contributed by atoms with E-state index in [2.05, 4.69) is 10.0 Å². The number of azide groups is 1. The van der Waals surface area contributed by atoms with Gasteiger partial charge in [0.05, 0.1) is 34.1 Å². The summed E-state index contributed by atoms with van der Waals surface area (Å²) in [5.74, 6) is 2.21. The van der Waals surface area contributed by atoms with Gasteiger partial charge in [-0.15, -0.1) is 0 Å². The average Bonchev–Trinajstić information content (AvgIpc) is 2.66. The zero-order valence-corrected chi connectivity index (χ0v) is 14.5. The molecule has 7 nitrogen and oxygen atoms in total. The summed E-state index contributed by atoms with van der Waals surface area (Å²) in [6.45, 7) is 0. The molecule has 0 amide bonds. The van der Waals surface area contributed by atoms with Gasteiger partial charge in [0.25, 0.3) is 0 Å². The fourth-order valence-corrected chi connectivity index (χ4v) is 2.32. The maximum atomic E-state index is 8.56. The first-order valence-electron chi connectivity index (χ1n) is 7.38. The smallest absolute Gasteiger partial charge is 0.203 e. The lowest BCUT2D eigenvalue weighted by Crippen LogP contribution is -1.95. The highest BCUT2D eigenvalue weighted by Crippen LogP contribution is 2.38. The van der Waals surface area contributed by atoms with Gasteiger partial charge in [-0.05, 0) is 40.9 Å². The van der Waals surface area contributed by atoms with E-state index in [1.54, 1.807) is 33.5 Å². The molecule has 0 bridgehead atoms. The lowest BCUT2D eigenvalue weighted by molar-refractivity contribution is 0.324. The Morgan fingerprint density at radius 1 is 0.800 bits per heavy atom. The van der Waals surface area contributed by atoms with Gasteiger partial charge in [-0.2, -0.15) is 0 Å². The molecule has 2 aromatic carbocycles. The maximum Gasteiger partial charge on any atom is 0.203 e. The molecular formula is C18H19N3O4. The molecule has 0 aromatic heterocycles. The Labute approximate surface area is 146 Å². The molecule has 0 radical (unpaired) electrons. The molecule has 0 N–H and O–H groups in total. The minimum Gasteiger partial charge on any atom is -0.496 e. The lowest BCUT2D eigenvalue weighted by Gasteiger charge is -2.12. The monoisotopic (exact) mass is 341 g/mol. The van der Waals surface area contributed by atoms with E-state index in [0.717, 1.165) is 11.1 Å². The van der Waals surface area contributed by atoms with Crippen LogP contribution in [0.2, 0.25) is 0 Å². The van der Waals surface area contributed by atoms with Crippen molar-refractivity contribution >= 4 is 17.8 Å². The molecule has 0 saturated heterocycles. The van der Waals surface area contributed by atoms with Crippen LogP contribution in [0.3, 0.4) is 0 Å². The van der Waals surface area contributed by atoms with Crippen LogP contribution in [0.25, 0.3) is 22.6 Å². The van der Waals surface area contributed by atoms with Crippen molar-refractivity contribution in [2.24, 2.45) is 5.11 Å². The van der Waals surface area contributed by atoms with E-state index >= 15 is 0 Å². The third kappa shape index (κ3) is 4.16. The fourth-order valence-electron chi connectivity index (χ4n) is 2.32. The zero-order chi connectivity index (χ0) is 18.2. The van der Waals surface area contributed by atoms with Crippen molar-refractivity contribution in [3.63, 3.8) is 0 Å². The van der Waals surface area contributed by atoms with Crippen LogP contribution in [0, 0.1) is 0 Å². The number of benzene rings is 2. The fraction of sp³-hybridized carbons (Fsp3) is 0.222. The van der Waals surface area contributed by atoms with Gasteiger partial charge < -0.3 is 18.9 Å². The van der Waals surface area contributed by atoms with Crippen LogP contribution in [0.15, 0.2) is 35.4 Å². The Morgan fingerprint density at radius 2 is 1.36 bits per heavy atom. The molecule has 2 rings (SSSR count). The van der Waals surface area contributed by atoms with Crippen LogP contribution in [0.1, 0.15) is 11.1 Å². The first-order chi connectivity index (χ1) is 12.2. The largest absolute Gasteiger partial charge is 0.496 e. The second kappa shape index (κ2) is 8.52. The number of methoxy groups -OCH3 is 4. The summed E-state index contributed by atoms with van der Waals surface area (Å²) in [5, 5.41) is 3.59. The molecular weight excluding hydrogens is 322 g/mol. The first kappa shape index (κ1) is 18.0. The SMILES string of the molecule is COc1cc(/C=C\c2cc(OC)c(OC)c(OC)c2)ccc1N=[N+]=[N-]. The predicted octanol–water partition coefficient (Wildman–Crippen LogP) is 4.83. The number of hydrogen-bond donors (Lipinski definition) is 0. The van der Waals surface area contributed by atoms with Crippen molar-refractivity contribution in [2.45, 2.75) is 0 Å². The van der Waals surface area contributed by atoms with Crippen molar-refractivity contribution in [1.82, 2.24) is 0 Å². The summed E-state index contributed by atoms with van der Waals surface area (Å²) in [6, 6.07) is 9.03. The number of hydrogen-bond acceptors (Lipinski definition) is 5. The van der Waals surface area contributed by atoms with E-state index < -0.39 is 0 Å². The van der Waals surface area contributed by atoms with Crippen molar-refractivity contribution < 1.29 is 18.9 Å². The lowest BCUT2D eigenvalue weighted by atomic mass is 10.1. The Morgan fingerprint density at radius 3 is 1.88 bits per heavy atom. The maximum absolute atomic E-state index is 8.56. The van der Waals surface area contributed by atoms with Gasteiger partial charge in [0.1, 0.15) is 5.75 Å². The van der Waals surface area contributed by atoms with Crippen molar-refractivity contribution in [1.29, 1.82) is 0 Å². The molecule has 0 aliphatic heterocycles. The van der Waals surface area contributed by atoms with Crippen LogP contribution in [-0.4, -0.2) is 28.4 Å². The van der Waals surface area contributed by atoms with E-state index in [9.17, 15) is 0 Å². The Bertz CT molecular complexity index is 802. The Hall–Kier alpha value is -3.31. The van der Waals surface area contributed by atoms with Crippen LogP contribution in [0.4, 0.5) is 5.69 Å². The van der Waals surface area contributed by atoms with Crippen molar-refractivity contribution in [3.8, 4) is 23.0 Å². The zero-order valence-electron chi connectivity index (χ0n) is 14.5. The van der Waals surface area contributed by atoms with Crippen LogP contribution in [0.5, 0.6) is 23.0 Å². The summed E-state index contributed by atoms with van der Waals surface area (Å²) in [7, 11) is 6.24. The Balaban J connectivity index is 2.37. The van der Waals surface area contributed by atoms with Crippen LogP contribution >= 0.6 is 0 Å². The summed E-state index contributed by atoms with van der Waals surface area (Å²) in [5.41, 5.74) is 10.8. The van der Waals surface area contributed by atoms with E-state index in [1.807, 2.05) is 30.4 Å². The second-order valence-corrected chi connectivity index (χ2v) is 4.91. The molecule has 0 fully saturated rings. The van der Waals surface area contributed by atoms with E-state index in [1.165, 1.54) is 7.11 Å². The number of ether oxygens (including phenoxy) is 4. The molecule has 0 saturated carbocycles. The van der Waals surface area contributed by atoms with Gasteiger partial charge in [0, 0.05) is 4.91 Å². The van der Waals surface area contributed by atoms with Crippen molar-refractivity contribution in [2.75, 3.05) is 28.4 Å². The summed E-state index contributed by atoms with van der Waals surface area (Å²) in [4.78, 5) is 2.78. The first-order valence-corrected chi connectivity index (χ1v) is 7.38. The van der Waals surface area contributed by atoms with E-state index in [4.69, 9.17) is 24.5 Å². The molecule has 25 heavy (non-hydrogen) atoms. The highest BCUT2D eigenvalue weighted by Gasteiger charge is 2.12. The molecule has 130 valence electrons. The van der Waals surface area contributed by atoms with E-state index in [0.29, 0.717) is 28.7 Å². The molecule has 0 heterocycles.